The van der Waals surface area contributed by atoms with E-state index >= 15 is 0 Å². The van der Waals surface area contributed by atoms with Crippen LogP contribution in [0.5, 0.6) is 0 Å². The van der Waals surface area contributed by atoms with Crippen LogP contribution in [0, 0.1) is 5.82 Å². The van der Waals surface area contributed by atoms with Crippen LogP contribution in [0.25, 0.3) is 0 Å². The first-order valence-corrected chi connectivity index (χ1v) is 6.72. The SMILES string of the molecule is COCCC(C)S(=O)(=O)c1ccc(N)c(F)c1. The summed E-state index contributed by atoms with van der Waals surface area (Å²) in [5.41, 5.74) is 5.24. The van der Waals surface area contributed by atoms with Gasteiger partial charge in [-0.15, -0.1) is 0 Å². The molecule has 0 saturated heterocycles. The molecule has 0 aliphatic rings. The Morgan fingerprint density at radius 1 is 1.47 bits per heavy atom. The van der Waals surface area contributed by atoms with Crippen molar-refractivity contribution in [3.63, 3.8) is 0 Å². The molecule has 1 aromatic carbocycles. The topological polar surface area (TPSA) is 69.4 Å². The van der Waals surface area contributed by atoms with Crippen molar-refractivity contribution in [1.29, 1.82) is 0 Å². The maximum atomic E-state index is 13.2. The van der Waals surface area contributed by atoms with Crippen LogP contribution in [-0.4, -0.2) is 27.4 Å². The van der Waals surface area contributed by atoms with Crippen LogP contribution in [0.15, 0.2) is 23.1 Å². The zero-order valence-corrected chi connectivity index (χ0v) is 10.6. The Morgan fingerprint density at radius 3 is 2.65 bits per heavy atom. The summed E-state index contributed by atoms with van der Waals surface area (Å²) in [5, 5.41) is -0.620. The summed E-state index contributed by atoms with van der Waals surface area (Å²) in [4.78, 5) is -0.0483. The van der Waals surface area contributed by atoms with Crippen molar-refractivity contribution >= 4 is 15.5 Å². The summed E-state index contributed by atoms with van der Waals surface area (Å²) in [7, 11) is -2.02. The van der Waals surface area contributed by atoms with Crippen molar-refractivity contribution in [3.8, 4) is 0 Å². The fourth-order valence-electron chi connectivity index (χ4n) is 1.36. The van der Waals surface area contributed by atoms with Crippen molar-refractivity contribution in [1.82, 2.24) is 0 Å². The number of rotatable bonds is 5. The van der Waals surface area contributed by atoms with Gasteiger partial charge in [-0.3, -0.25) is 0 Å². The fraction of sp³-hybridized carbons (Fsp3) is 0.455. The average Bonchev–Trinajstić information content (AvgIpc) is 2.29. The third kappa shape index (κ3) is 3.17. The lowest BCUT2D eigenvalue weighted by Crippen LogP contribution is -2.20. The quantitative estimate of drug-likeness (QED) is 0.817. The van der Waals surface area contributed by atoms with Gasteiger partial charge < -0.3 is 10.5 Å². The van der Waals surface area contributed by atoms with Gasteiger partial charge >= 0.3 is 0 Å². The summed E-state index contributed by atoms with van der Waals surface area (Å²) in [6.07, 6.45) is 0.366. The molecule has 0 amide bonds. The van der Waals surface area contributed by atoms with Crippen LogP contribution >= 0.6 is 0 Å². The standard InChI is InChI=1S/C11H16FNO3S/c1-8(5-6-16-2)17(14,15)9-3-4-11(13)10(12)7-9/h3-4,7-8H,5-6,13H2,1-2H3. The van der Waals surface area contributed by atoms with Crippen LogP contribution in [0.4, 0.5) is 10.1 Å². The van der Waals surface area contributed by atoms with E-state index in [1.165, 1.54) is 19.2 Å². The number of methoxy groups -OCH3 is 1. The molecule has 0 fully saturated rings. The number of nitrogens with two attached hydrogens (primary N) is 1. The lowest BCUT2D eigenvalue weighted by molar-refractivity contribution is 0.194. The minimum Gasteiger partial charge on any atom is -0.396 e. The zero-order valence-electron chi connectivity index (χ0n) is 9.81. The second-order valence-corrected chi connectivity index (χ2v) is 6.19. The summed E-state index contributed by atoms with van der Waals surface area (Å²) >= 11 is 0. The summed E-state index contributed by atoms with van der Waals surface area (Å²) < 4.78 is 42.1. The number of hydrogen-bond acceptors (Lipinski definition) is 4. The zero-order chi connectivity index (χ0) is 13.1. The number of nitrogen functional groups attached to an aromatic ring is 1. The molecule has 96 valence electrons. The maximum Gasteiger partial charge on any atom is 0.181 e. The minimum absolute atomic E-state index is 0.0483. The second-order valence-electron chi connectivity index (χ2n) is 3.82. The monoisotopic (exact) mass is 261 g/mol. The summed E-state index contributed by atoms with van der Waals surface area (Å²) in [6.45, 7) is 1.92. The van der Waals surface area contributed by atoms with Gasteiger partial charge in [0.05, 0.1) is 15.8 Å². The Labute approximate surface area is 101 Å². The second kappa shape index (κ2) is 5.46. The highest BCUT2D eigenvalue weighted by Gasteiger charge is 2.23. The molecule has 2 N–H and O–H groups in total. The predicted octanol–water partition coefficient (Wildman–Crippen LogP) is 1.61. The van der Waals surface area contributed by atoms with Crippen molar-refractivity contribution < 1.29 is 17.5 Å². The highest BCUT2D eigenvalue weighted by molar-refractivity contribution is 7.92. The molecule has 0 aliphatic carbocycles. The number of hydrogen-bond donors (Lipinski definition) is 1. The molecule has 17 heavy (non-hydrogen) atoms. The molecule has 0 bridgehead atoms. The van der Waals surface area contributed by atoms with E-state index in [2.05, 4.69) is 0 Å². The lowest BCUT2D eigenvalue weighted by Gasteiger charge is -2.12. The normalized spacial score (nSPS) is 13.6. The van der Waals surface area contributed by atoms with Crippen molar-refractivity contribution in [3.05, 3.63) is 24.0 Å². The van der Waals surface area contributed by atoms with Gasteiger partial charge in [0, 0.05) is 13.7 Å². The third-order valence-electron chi connectivity index (χ3n) is 2.56. The molecule has 0 aromatic heterocycles. The van der Waals surface area contributed by atoms with Crippen LogP contribution in [-0.2, 0) is 14.6 Å². The number of benzene rings is 1. The minimum atomic E-state index is -3.53. The van der Waals surface area contributed by atoms with Gasteiger partial charge in [-0.2, -0.15) is 0 Å². The van der Waals surface area contributed by atoms with Crippen molar-refractivity contribution in [2.75, 3.05) is 19.5 Å². The van der Waals surface area contributed by atoms with E-state index in [0.29, 0.717) is 13.0 Å². The fourth-order valence-corrected chi connectivity index (χ4v) is 2.75. The van der Waals surface area contributed by atoms with Gasteiger partial charge in [0.1, 0.15) is 5.82 Å². The first kappa shape index (κ1) is 13.9. The Kier molecular flexibility index (Phi) is 4.47. The number of halogens is 1. The highest BCUT2D eigenvalue weighted by atomic mass is 32.2. The van der Waals surface area contributed by atoms with Crippen LogP contribution < -0.4 is 5.73 Å². The molecule has 0 spiro atoms. The van der Waals surface area contributed by atoms with Gasteiger partial charge in [-0.05, 0) is 31.5 Å². The van der Waals surface area contributed by atoms with Crippen LogP contribution in [0.1, 0.15) is 13.3 Å². The van der Waals surface area contributed by atoms with E-state index in [9.17, 15) is 12.8 Å². The van der Waals surface area contributed by atoms with E-state index < -0.39 is 20.9 Å². The van der Waals surface area contributed by atoms with Crippen molar-refractivity contribution in [2.24, 2.45) is 0 Å². The number of anilines is 1. The van der Waals surface area contributed by atoms with E-state index in [1.807, 2.05) is 0 Å². The molecule has 0 saturated carbocycles. The van der Waals surface area contributed by atoms with E-state index in [1.54, 1.807) is 6.92 Å². The molecule has 0 heterocycles. The first-order valence-electron chi connectivity index (χ1n) is 5.17. The Bertz CT molecular complexity index is 487. The average molecular weight is 261 g/mol. The number of sulfone groups is 1. The van der Waals surface area contributed by atoms with Gasteiger partial charge in [0.25, 0.3) is 0 Å². The van der Waals surface area contributed by atoms with E-state index in [4.69, 9.17) is 10.5 Å². The van der Waals surface area contributed by atoms with E-state index in [0.717, 1.165) is 6.07 Å². The van der Waals surface area contributed by atoms with E-state index in [-0.39, 0.29) is 10.6 Å². The lowest BCUT2D eigenvalue weighted by atomic mass is 10.3. The van der Waals surface area contributed by atoms with Gasteiger partial charge in [0.15, 0.2) is 9.84 Å². The van der Waals surface area contributed by atoms with Gasteiger partial charge in [0.2, 0.25) is 0 Å². The molecule has 1 rings (SSSR count). The Morgan fingerprint density at radius 2 is 2.12 bits per heavy atom. The van der Waals surface area contributed by atoms with Crippen LogP contribution in [0.3, 0.4) is 0 Å². The molecule has 1 unspecified atom stereocenters. The Hall–Kier alpha value is -1.14. The maximum absolute atomic E-state index is 13.2. The number of ether oxygens (including phenoxy) is 1. The van der Waals surface area contributed by atoms with Gasteiger partial charge in [-0.25, -0.2) is 12.8 Å². The third-order valence-corrected chi connectivity index (χ3v) is 4.76. The molecule has 0 aliphatic heterocycles. The molecular formula is C11H16FNO3S. The summed E-state index contributed by atoms with van der Waals surface area (Å²) in [5.74, 6) is -0.718. The van der Waals surface area contributed by atoms with Crippen LogP contribution in [0.2, 0.25) is 0 Å². The summed E-state index contributed by atoms with van der Waals surface area (Å²) in [6, 6.07) is 3.52. The van der Waals surface area contributed by atoms with Gasteiger partial charge in [-0.1, -0.05) is 0 Å². The smallest absolute Gasteiger partial charge is 0.181 e. The molecule has 6 heteroatoms. The Balaban J connectivity index is 3.00. The molecule has 1 atom stereocenters. The molecule has 0 radical (unpaired) electrons. The molecule has 1 aromatic rings. The molecule has 4 nitrogen and oxygen atoms in total. The largest absolute Gasteiger partial charge is 0.396 e. The predicted molar refractivity (Wildman–Crippen MR) is 64.0 cm³/mol. The first-order chi connectivity index (χ1) is 7.89. The highest BCUT2D eigenvalue weighted by Crippen LogP contribution is 2.21. The van der Waals surface area contributed by atoms with Crippen molar-refractivity contribution in [2.45, 2.75) is 23.5 Å². The molecular weight excluding hydrogens is 245 g/mol.